The van der Waals surface area contributed by atoms with Crippen molar-refractivity contribution in [2.45, 2.75) is 26.4 Å². The minimum absolute atomic E-state index is 0.00824. The van der Waals surface area contributed by atoms with E-state index < -0.39 is 17.5 Å². The molecule has 126 valence electrons. The number of aromatic nitrogens is 1. The lowest BCUT2D eigenvalue weighted by Crippen LogP contribution is -2.27. The fraction of sp³-hybridized carbons (Fsp3) is 0.235. The maximum Gasteiger partial charge on any atom is 0.413 e. The molecule has 0 bridgehead atoms. The van der Waals surface area contributed by atoms with Crippen LogP contribution in [0.25, 0.3) is 11.1 Å². The van der Waals surface area contributed by atoms with Gasteiger partial charge in [0.15, 0.2) is 6.29 Å². The highest BCUT2D eigenvalue weighted by Crippen LogP contribution is 2.30. The summed E-state index contributed by atoms with van der Waals surface area (Å²) in [5.74, 6) is -0.592. The molecule has 0 fully saturated rings. The molecule has 0 saturated heterocycles. The molecule has 24 heavy (non-hydrogen) atoms. The average Bonchev–Trinajstić information content (AvgIpc) is 2.45. The van der Waals surface area contributed by atoms with Gasteiger partial charge >= 0.3 is 6.09 Å². The van der Waals surface area contributed by atoms with Crippen LogP contribution in [0.5, 0.6) is 0 Å². The topological polar surface area (TPSA) is 68.3 Å². The third-order valence-electron chi connectivity index (χ3n) is 2.95. The van der Waals surface area contributed by atoms with Crippen LogP contribution in [0, 0.1) is 5.82 Å². The van der Waals surface area contributed by atoms with E-state index in [9.17, 15) is 14.0 Å². The fourth-order valence-electron chi connectivity index (χ4n) is 2.04. The first-order valence-corrected chi connectivity index (χ1v) is 7.48. The Bertz CT molecular complexity index is 788. The molecule has 1 aromatic carbocycles. The number of nitrogens with one attached hydrogen (secondary N) is 1. The molecule has 1 aromatic heterocycles. The largest absolute Gasteiger partial charge is 0.444 e. The van der Waals surface area contributed by atoms with Crippen molar-refractivity contribution in [3.63, 3.8) is 0 Å². The summed E-state index contributed by atoms with van der Waals surface area (Å²) in [4.78, 5) is 27.3. The lowest BCUT2D eigenvalue weighted by atomic mass is 10.0. The van der Waals surface area contributed by atoms with Crippen molar-refractivity contribution in [1.29, 1.82) is 0 Å². The van der Waals surface area contributed by atoms with Crippen LogP contribution in [-0.4, -0.2) is 23.0 Å². The summed E-state index contributed by atoms with van der Waals surface area (Å²) in [6, 6.07) is 5.59. The van der Waals surface area contributed by atoms with Crippen LogP contribution in [0.1, 0.15) is 31.1 Å². The Morgan fingerprint density at radius 3 is 2.58 bits per heavy atom. The molecule has 1 N–H and O–H groups in total. The molecule has 0 saturated carbocycles. The molecular formula is C17H16ClFN2O3. The van der Waals surface area contributed by atoms with Gasteiger partial charge in [-0.05, 0) is 45.0 Å². The molecule has 5 nitrogen and oxygen atoms in total. The Labute approximate surface area is 143 Å². The smallest absolute Gasteiger partial charge is 0.413 e. The molecule has 0 atom stereocenters. The van der Waals surface area contributed by atoms with Gasteiger partial charge in [0, 0.05) is 22.3 Å². The van der Waals surface area contributed by atoms with Gasteiger partial charge in [-0.3, -0.25) is 10.1 Å². The lowest BCUT2D eigenvalue weighted by molar-refractivity contribution is 0.0635. The van der Waals surface area contributed by atoms with E-state index in [1.165, 1.54) is 24.4 Å². The summed E-state index contributed by atoms with van der Waals surface area (Å²) in [7, 11) is 0. The second kappa shape index (κ2) is 6.97. The van der Waals surface area contributed by atoms with E-state index in [1.807, 2.05) is 0 Å². The number of hydrogen-bond acceptors (Lipinski definition) is 4. The molecular weight excluding hydrogens is 335 g/mol. The molecule has 7 heteroatoms. The second-order valence-corrected chi connectivity index (χ2v) is 6.43. The van der Waals surface area contributed by atoms with Crippen LogP contribution in [0.3, 0.4) is 0 Å². The van der Waals surface area contributed by atoms with E-state index in [-0.39, 0.29) is 22.0 Å². The summed E-state index contributed by atoms with van der Waals surface area (Å²) < 4.78 is 19.3. The predicted molar refractivity (Wildman–Crippen MR) is 89.9 cm³/mol. The Hall–Kier alpha value is -2.47. The number of hydrogen-bond donors (Lipinski definition) is 1. The number of anilines is 1. The molecule has 1 amide bonds. The monoisotopic (exact) mass is 350 g/mol. The quantitative estimate of drug-likeness (QED) is 0.814. The van der Waals surface area contributed by atoms with Crippen LogP contribution in [0.2, 0.25) is 5.02 Å². The van der Waals surface area contributed by atoms with Crippen LogP contribution < -0.4 is 5.32 Å². The van der Waals surface area contributed by atoms with Crippen LogP contribution >= 0.6 is 11.6 Å². The van der Waals surface area contributed by atoms with Crippen LogP contribution in [0.4, 0.5) is 15.0 Å². The van der Waals surface area contributed by atoms with Gasteiger partial charge in [0.1, 0.15) is 17.2 Å². The van der Waals surface area contributed by atoms with Gasteiger partial charge in [-0.25, -0.2) is 14.2 Å². The van der Waals surface area contributed by atoms with Crippen molar-refractivity contribution < 1.29 is 18.7 Å². The zero-order valence-corrected chi connectivity index (χ0v) is 14.1. The minimum Gasteiger partial charge on any atom is -0.444 e. The number of carbonyl (C=O) groups is 2. The molecule has 0 aliphatic heterocycles. The van der Waals surface area contributed by atoms with E-state index in [2.05, 4.69) is 10.3 Å². The Morgan fingerprint density at radius 1 is 1.29 bits per heavy atom. The predicted octanol–water partition coefficient (Wildman–Crippen LogP) is 4.70. The number of ether oxygens (including phenoxy) is 1. The van der Waals surface area contributed by atoms with Gasteiger partial charge in [0.2, 0.25) is 0 Å². The number of benzene rings is 1. The van der Waals surface area contributed by atoms with Crippen molar-refractivity contribution in [2.24, 2.45) is 0 Å². The molecule has 1 heterocycles. The van der Waals surface area contributed by atoms with E-state index >= 15 is 0 Å². The van der Waals surface area contributed by atoms with Crippen molar-refractivity contribution in [2.75, 3.05) is 5.32 Å². The minimum atomic E-state index is -0.758. The maximum atomic E-state index is 14.1. The number of amides is 1. The molecule has 0 radical (unpaired) electrons. The number of rotatable bonds is 3. The molecule has 2 rings (SSSR count). The first-order chi connectivity index (χ1) is 11.2. The average molecular weight is 351 g/mol. The van der Waals surface area contributed by atoms with E-state index in [0.29, 0.717) is 11.8 Å². The first kappa shape index (κ1) is 17.9. The van der Waals surface area contributed by atoms with Crippen LogP contribution in [-0.2, 0) is 4.74 Å². The fourth-order valence-corrected chi connectivity index (χ4v) is 2.19. The SMILES string of the molecule is CC(C)(C)OC(=O)Nc1nccc(-c2ccc(Cl)cc2F)c1C=O. The molecule has 0 aliphatic carbocycles. The summed E-state index contributed by atoms with van der Waals surface area (Å²) in [6.07, 6.45) is 1.11. The van der Waals surface area contributed by atoms with Crippen molar-refractivity contribution in [1.82, 2.24) is 4.98 Å². The highest BCUT2D eigenvalue weighted by Gasteiger charge is 2.20. The second-order valence-electron chi connectivity index (χ2n) is 5.99. The summed E-state index contributed by atoms with van der Waals surface area (Å²) in [5, 5.41) is 2.65. The lowest BCUT2D eigenvalue weighted by Gasteiger charge is -2.20. The molecule has 2 aromatic rings. The highest BCUT2D eigenvalue weighted by atomic mass is 35.5. The van der Waals surface area contributed by atoms with Gasteiger partial charge < -0.3 is 4.74 Å². The number of carbonyl (C=O) groups excluding carboxylic acids is 2. The van der Waals surface area contributed by atoms with Gasteiger partial charge in [-0.2, -0.15) is 0 Å². The zero-order valence-electron chi connectivity index (χ0n) is 13.4. The third-order valence-corrected chi connectivity index (χ3v) is 3.18. The first-order valence-electron chi connectivity index (χ1n) is 7.11. The summed E-state index contributed by atoms with van der Waals surface area (Å²) in [6.45, 7) is 5.13. The zero-order chi connectivity index (χ0) is 17.9. The molecule has 0 aliphatic rings. The van der Waals surface area contributed by atoms with E-state index in [4.69, 9.17) is 16.3 Å². The van der Waals surface area contributed by atoms with Crippen LogP contribution in [0.15, 0.2) is 30.5 Å². The number of nitrogens with zero attached hydrogens (tertiary/aromatic N) is 1. The normalized spacial score (nSPS) is 11.0. The van der Waals surface area contributed by atoms with E-state index in [1.54, 1.807) is 20.8 Å². The Balaban J connectivity index is 2.42. The van der Waals surface area contributed by atoms with Gasteiger partial charge in [0.05, 0.1) is 5.56 Å². The Kier molecular flexibility index (Phi) is 5.19. The molecule has 0 unspecified atom stereocenters. The molecule has 0 spiro atoms. The number of pyridine rings is 1. The maximum absolute atomic E-state index is 14.1. The summed E-state index contributed by atoms with van der Waals surface area (Å²) >= 11 is 5.74. The third kappa shape index (κ3) is 4.29. The van der Waals surface area contributed by atoms with Gasteiger partial charge in [-0.1, -0.05) is 11.6 Å². The summed E-state index contributed by atoms with van der Waals surface area (Å²) in [5.41, 5.74) is -0.188. The van der Waals surface area contributed by atoms with E-state index in [0.717, 1.165) is 6.07 Å². The Morgan fingerprint density at radius 2 is 2.00 bits per heavy atom. The number of aldehydes is 1. The number of halogens is 2. The highest BCUT2D eigenvalue weighted by molar-refractivity contribution is 6.30. The van der Waals surface area contributed by atoms with Crippen molar-refractivity contribution in [3.05, 3.63) is 46.9 Å². The van der Waals surface area contributed by atoms with Crippen molar-refractivity contribution in [3.8, 4) is 11.1 Å². The standard InChI is InChI=1S/C17H16ClFN2O3/c1-17(2,3)24-16(23)21-15-13(9-22)11(6-7-20-15)12-5-4-10(18)8-14(12)19/h4-9H,1-3H3,(H,20,21,23). The van der Waals surface area contributed by atoms with Gasteiger partial charge in [0.25, 0.3) is 0 Å². The van der Waals surface area contributed by atoms with Gasteiger partial charge in [-0.15, -0.1) is 0 Å². The van der Waals surface area contributed by atoms with Crippen molar-refractivity contribution >= 4 is 29.8 Å².